The summed E-state index contributed by atoms with van der Waals surface area (Å²) >= 11 is 0. The van der Waals surface area contributed by atoms with E-state index in [0.717, 1.165) is 0 Å². The van der Waals surface area contributed by atoms with Crippen LogP contribution in [-0.4, -0.2) is 0 Å². The zero-order valence-corrected chi connectivity index (χ0v) is 1.89. The topological polar surface area (TPSA) is 72.5 Å². The quantitative estimate of drug-likeness (QED) is 0.288. The highest BCUT2D eigenvalue weighted by atomic mass is 15.4. The molecule has 0 atom stereocenters. The normalized spacial score (nSPS) is 5.00. The zero-order valence-electron chi connectivity index (χ0n) is 1.89. The first-order chi connectivity index (χ1) is 1.91. The SMILES string of the molecule is [N-]=[NH+]N=N. The minimum Gasteiger partial charge on any atom is -0.268 e. The van der Waals surface area contributed by atoms with Crippen LogP contribution in [0.5, 0.6) is 0 Å². The van der Waals surface area contributed by atoms with E-state index in [2.05, 4.69) is 5.22 Å². The number of nitrogens with zero attached hydrogens (tertiary/aromatic N) is 2. The standard InChI is InChI=1S/H2N4/c1-3-4-2/h1,4H. The van der Waals surface area contributed by atoms with E-state index in [-0.39, 0.29) is 0 Å². The second-order valence-electron chi connectivity index (χ2n) is 0.212. The maximum absolute atomic E-state index is 7.27. The Kier molecular flexibility index (Phi) is 1.76. The Hall–Kier alpha value is -0.800. The molecule has 0 bridgehead atoms. The summed E-state index contributed by atoms with van der Waals surface area (Å²) in [5.74, 6) is 0. The molecule has 2 N–H and O–H groups in total. The summed E-state index contributed by atoms with van der Waals surface area (Å²) < 4.78 is 0. The summed E-state index contributed by atoms with van der Waals surface area (Å²) in [6.45, 7) is 0. The molecule has 22 valence electrons. The molecular formula is H2N4. The maximum Gasteiger partial charge on any atom is -0.0854 e. The molecule has 0 fully saturated rings. The zero-order chi connectivity index (χ0) is 3.41. The minimum atomic E-state index is 1.22. The van der Waals surface area contributed by atoms with Gasteiger partial charge in [0.25, 0.3) is 0 Å². The fourth-order valence-corrected chi connectivity index (χ4v) is 0. The molecule has 0 rings (SSSR count). The molecule has 0 aromatic carbocycles. The van der Waals surface area contributed by atoms with Crippen molar-refractivity contribution in [1.82, 2.24) is 0 Å². The van der Waals surface area contributed by atoms with Gasteiger partial charge >= 0.3 is 0 Å². The lowest BCUT2D eigenvalue weighted by atomic mass is 12.6. The molecule has 0 radical (unpaired) electrons. The average molecular weight is 58.0 g/mol. The van der Waals surface area contributed by atoms with Gasteiger partial charge in [0.1, 0.15) is 0 Å². The first-order valence-corrected chi connectivity index (χ1v) is 0.671. The largest absolute Gasteiger partial charge is 0.268 e. The highest BCUT2D eigenvalue weighted by molar-refractivity contribution is 3.57. The van der Waals surface area contributed by atoms with E-state index in [1.807, 2.05) is 0 Å². The van der Waals surface area contributed by atoms with Crippen molar-refractivity contribution in [2.75, 3.05) is 0 Å². The van der Waals surface area contributed by atoms with Crippen LogP contribution >= 0.6 is 0 Å². The minimum absolute atomic E-state index is 1.22. The van der Waals surface area contributed by atoms with Gasteiger partial charge < -0.3 is 0 Å². The predicted molar refractivity (Wildman–Crippen MR) is 9.47 cm³/mol. The van der Waals surface area contributed by atoms with Crippen molar-refractivity contribution < 1.29 is 5.22 Å². The van der Waals surface area contributed by atoms with E-state index in [4.69, 9.17) is 11.1 Å². The molecule has 4 heteroatoms. The molecule has 0 unspecified atom stereocenters. The van der Waals surface area contributed by atoms with Gasteiger partial charge in [-0.15, -0.1) is 0 Å². The maximum atomic E-state index is 7.27. The van der Waals surface area contributed by atoms with E-state index < -0.39 is 0 Å². The van der Waals surface area contributed by atoms with Crippen molar-refractivity contribution in [1.29, 1.82) is 5.53 Å². The molecule has 0 saturated carbocycles. The highest BCUT2D eigenvalue weighted by Crippen LogP contribution is 1.09. The average Bonchev–Trinajstić information content (AvgIpc) is 1.37. The number of hydrogen-bond donors (Lipinski definition) is 2. The Morgan fingerprint density at radius 1 is 2.00 bits per heavy atom. The van der Waals surface area contributed by atoms with E-state index in [9.17, 15) is 0 Å². The van der Waals surface area contributed by atoms with Crippen LogP contribution in [0.2, 0.25) is 0 Å². The predicted octanol–water partition coefficient (Wildman–Crippen LogP) is -0.965. The van der Waals surface area contributed by atoms with Crippen molar-refractivity contribution in [3.05, 3.63) is 5.53 Å². The third kappa shape index (κ3) is 1.20. The van der Waals surface area contributed by atoms with Gasteiger partial charge in [0, 0.05) is 0 Å². The van der Waals surface area contributed by atoms with Crippen LogP contribution in [-0.2, 0) is 0 Å². The summed E-state index contributed by atoms with van der Waals surface area (Å²) in [4.78, 5) is 0. The second kappa shape index (κ2) is 2.20. The van der Waals surface area contributed by atoms with Gasteiger partial charge in [0.2, 0.25) is 0 Å². The summed E-state index contributed by atoms with van der Waals surface area (Å²) in [6.07, 6.45) is 0. The molecule has 0 saturated heterocycles. The van der Waals surface area contributed by atoms with Crippen LogP contribution in [0.4, 0.5) is 0 Å². The summed E-state index contributed by atoms with van der Waals surface area (Å²) in [7, 11) is 0. The van der Waals surface area contributed by atoms with Gasteiger partial charge in [0.05, 0.1) is 0 Å². The van der Waals surface area contributed by atoms with Crippen molar-refractivity contribution in [2.45, 2.75) is 0 Å². The van der Waals surface area contributed by atoms with Crippen LogP contribution < -0.4 is 5.22 Å². The van der Waals surface area contributed by atoms with Gasteiger partial charge in [0.15, 0.2) is 0 Å². The van der Waals surface area contributed by atoms with Crippen molar-refractivity contribution >= 4 is 0 Å². The molecule has 0 aliphatic heterocycles. The highest BCUT2D eigenvalue weighted by Gasteiger charge is 1.21. The van der Waals surface area contributed by atoms with Gasteiger partial charge in [-0.3, -0.25) is 5.53 Å². The van der Waals surface area contributed by atoms with Crippen molar-refractivity contribution in [2.24, 2.45) is 5.22 Å². The van der Waals surface area contributed by atoms with Crippen molar-refractivity contribution in [3.8, 4) is 0 Å². The smallest absolute Gasteiger partial charge is 0.0854 e. The molecule has 0 spiro atoms. The monoisotopic (exact) mass is 58.0 g/mol. The number of rotatable bonds is 1. The lowest BCUT2D eigenvalue weighted by molar-refractivity contribution is -0.499. The lowest BCUT2D eigenvalue weighted by Gasteiger charge is -1.54. The van der Waals surface area contributed by atoms with E-state index in [1.54, 1.807) is 0 Å². The molecular weight excluding hydrogens is 56.0 g/mol. The third-order valence-electron chi connectivity index (χ3n) is 0.0500. The molecule has 0 aliphatic rings. The van der Waals surface area contributed by atoms with E-state index in [1.165, 1.54) is 5.22 Å². The van der Waals surface area contributed by atoms with Crippen LogP contribution in [0.25, 0.3) is 5.53 Å². The molecule has 4 nitrogen and oxygen atoms in total. The van der Waals surface area contributed by atoms with Gasteiger partial charge in [-0.2, -0.15) is 0 Å². The van der Waals surface area contributed by atoms with Gasteiger partial charge in [-0.05, 0) is 0 Å². The summed E-state index contributed by atoms with van der Waals surface area (Å²) in [6, 6.07) is 0. The van der Waals surface area contributed by atoms with Gasteiger partial charge in [-0.1, -0.05) is 10.8 Å². The third-order valence-corrected chi connectivity index (χ3v) is 0.0500. The lowest BCUT2D eigenvalue weighted by Crippen LogP contribution is -2.52. The summed E-state index contributed by atoms with van der Waals surface area (Å²) in [5.41, 5.74) is 13.0. The molecule has 0 aliphatic carbocycles. The fourth-order valence-electron chi connectivity index (χ4n) is 0. The Morgan fingerprint density at radius 3 is 2.25 bits per heavy atom. The molecule has 0 heterocycles. The Bertz CT molecular complexity index is 21.0. The van der Waals surface area contributed by atoms with E-state index >= 15 is 0 Å². The fraction of sp³-hybridized carbons (Fsp3) is 0. The molecule has 0 aromatic rings. The molecule has 0 aromatic heterocycles. The Labute approximate surface area is 22.8 Å². The number of hydrogen-bond acceptors (Lipinski definition) is 1. The molecule has 0 amide bonds. The Balaban J connectivity index is 2.73. The van der Waals surface area contributed by atoms with Crippen molar-refractivity contribution in [3.63, 3.8) is 0 Å². The first kappa shape index (κ1) is 3.20. The second-order valence-corrected chi connectivity index (χ2v) is 0.212. The van der Waals surface area contributed by atoms with Crippen LogP contribution in [0, 0.1) is 5.53 Å². The molecule has 4 heavy (non-hydrogen) atoms. The first-order valence-electron chi connectivity index (χ1n) is 0.671. The van der Waals surface area contributed by atoms with Gasteiger partial charge in [-0.25, -0.2) is 5.22 Å². The van der Waals surface area contributed by atoms with E-state index in [0.29, 0.717) is 0 Å². The summed E-state index contributed by atoms with van der Waals surface area (Å²) in [5, 5.41) is 3.51. The van der Waals surface area contributed by atoms with Crippen LogP contribution in [0.15, 0.2) is 5.22 Å². The van der Waals surface area contributed by atoms with Crippen LogP contribution in [0.1, 0.15) is 0 Å². The number of nitrogens with one attached hydrogen (secondary N) is 2. The van der Waals surface area contributed by atoms with Crippen LogP contribution in [0.3, 0.4) is 0 Å². The Morgan fingerprint density at radius 2 is 2.25 bits per heavy atom.